The van der Waals surface area contributed by atoms with E-state index in [0.717, 1.165) is 41.2 Å². The van der Waals surface area contributed by atoms with Crippen molar-refractivity contribution in [3.05, 3.63) is 66.0 Å². The predicted octanol–water partition coefficient (Wildman–Crippen LogP) is 3.58. The van der Waals surface area contributed by atoms with Crippen molar-refractivity contribution in [3.63, 3.8) is 0 Å². The third-order valence-electron chi connectivity index (χ3n) is 3.36. The first kappa shape index (κ1) is 17.1. The summed E-state index contributed by atoms with van der Waals surface area (Å²) < 4.78 is 28.4. The number of nitrogens with one attached hydrogen (secondary N) is 1. The predicted molar refractivity (Wildman–Crippen MR) is 91.8 cm³/mol. The third-order valence-corrected chi connectivity index (χ3v) is 4.31. The van der Waals surface area contributed by atoms with Gasteiger partial charge in [0.05, 0.1) is 11.4 Å². The minimum Gasteiger partial charge on any atom is -0.323 e. The van der Waals surface area contributed by atoms with Gasteiger partial charge in [0.2, 0.25) is 5.91 Å². The Hall–Kier alpha value is -2.74. The van der Waals surface area contributed by atoms with Crippen molar-refractivity contribution in [1.82, 2.24) is 14.8 Å². The molecule has 0 aliphatic carbocycles. The number of carbonyl (C=O) groups is 1. The number of rotatable bonds is 5. The third kappa shape index (κ3) is 4.21. The fourth-order valence-corrected chi connectivity index (χ4v) is 2.84. The molecule has 0 atom stereocenters. The van der Waals surface area contributed by atoms with Crippen molar-refractivity contribution in [2.24, 2.45) is 0 Å². The summed E-state index contributed by atoms with van der Waals surface area (Å²) in [5, 5.41) is 10.7. The molecule has 128 valence electrons. The largest absolute Gasteiger partial charge is 0.323 e. The first-order valence-electron chi connectivity index (χ1n) is 7.38. The summed E-state index contributed by atoms with van der Waals surface area (Å²) in [6, 6.07) is 10.7. The van der Waals surface area contributed by atoms with Crippen LogP contribution in [0.4, 0.5) is 14.5 Å². The minimum absolute atomic E-state index is 0.0134. The van der Waals surface area contributed by atoms with Crippen molar-refractivity contribution in [2.75, 3.05) is 11.1 Å². The van der Waals surface area contributed by atoms with E-state index in [1.807, 2.05) is 31.2 Å². The molecule has 25 heavy (non-hydrogen) atoms. The SMILES string of the molecule is Cc1ccc(-n2cnnc2SCC(=O)Nc2cc(F)ccc2F)cc1. The molecule has 0 radical (unpaired) electrons. The Kier molecular flexibility index (Phi) is 5.08. The lowest BCUT2D eigenvalue weighted by Crippen LogP contribution is -2.15. The molecule has 0 saturated carbocycles. The van der Waals surface area contributed by atoms with Gasteiger partial charge in [-0.1, -0.05) is 29.5 Å². The highest BCUT2D eigenvalue weighted by Crippen LogP contribution is 2.21. The molecule has 1 heterocycles. The van der Waals surface area contributed by atoms with Gasteiger partial charge in [-0.2, -0.15) is 0 Å². The molecule has 0 unspecified atom stereocenters. The quantitative estimate of drug-likeness (QED) is 0.707. The van der Waals surface area contributed by atoms with E-state index in [9.17, 15) is 13.6 Å². The average Bonchev–Trinajstić information content (AvgIpc) is 3.05. The lowest BCUT2D eigenvalue weighted by molar-refractivity contribution is -0.113. The van der Waals surface area contributed by atoms with Crippen LogP contribution in [0.1, 0.15) is 5.56 Å². The van der Waals surface area contributed by atoms with Gasteiger partial charge in [-0.05, 0) is 31.2 Å². The molecular formula is C17H14F2N4OS. The Bertz CT molecular complexity index is 896. The van der Waals surface area contributed by atoms with E-state index in [-0.39, 0.29) is 11.4 Å². The van der Waals surface area contributed by atoms with Gasteiger partial charge in [-0.15, -0.1) is 10.2 Å². The van der Waals surface area contributed by atoms with Gasteiger partial charge >= 0.3 is 0 Å². The maximum absolute atomic E-state index is 13.5. The molecule has 3 aromatic rings. The average molecular weight is 360 g/mol. The Balaban J connectivity index is 1.66. The molecule has 0 aliphatic heterocycles. The van der Waals surface area contributed by atoms with Crippen LogP contribution in [0.3, 0.4) is 0 Å². The Morgan fingerprint density at radius 1 is 1.20 bits per heavy atom. The second kappa shape index (κ2) is 7.43. The van der Waals surface area contributed by atoms with Crippen LogP contribution in [0.2, 0.25) is 0 Å². The van der Waals surface area contributed by atoms with Crippen molar-refractivity contribution in [2.45, 2.75) is 12.1 Å². The fourth-order valence-electron chi connectivity index (χ4n) is 2.11. The lowest BCUT2D eigenvalue weighted by Gasteiger charge is -2.08. The second-order valence-electron chi connectivity index (χ2n) is 5.28. The molecule has 0 fully saturated rings. The number of benzene rings is 2. The number of anilines is 1. The number of thioether (sulfide) groups is 1. The van der Waals surface area contributed by atoms with Crippen LogP contribution < -0.4 is 5.32 Å². The summed E-state index contributed by atoms with van der Waals surface area (Å²) in [4.78, 5) is 12.0. The molecule has 0 spiro atoms. The Morgan fingerprint density at radius 3 is 2.72 bits per heavy atom. The van der Waals surface area contributed by atoms with E-state index in [1.165, 1.54) is 0 Å². The minimum atomic E-state index is -0.692. The van der Waals surface area contributed by atoms with Crippen LogP contribution in [0, 0.1) is 18.6 Å². The molecular weight excluding hydrogens is 346 g/mol. The Morgan fingerprint density at radius 2 is 1.96 bits per heavy atom. The highest BCUT2D eigenvalue weighted by Gasteiger charge is 2.12. The van der Waals surface area contributed by atoms with Gasteiger partial charge in [-0.3, -0.25) is 9.36 Å². The van der Waals surface area contributed by atoms with Gasteiger partial charge < -0.3 is 5.32 Å². The zero-order valence-corrected chi connectivity index (χ0v) is 14.1. The van der Waals surface area contributed by atoms with Crippen LogP contribution in [0.25, 0.3) is 5.69 Å². The van der Waals surface area contributed by atoms with E-state index in [2.05, 4.69) is 15.5 Å². The molecule has 1 N–H and O–H groups in total. The number of hydrogen-bond acceptors (Lipinski definition) is 4. The summed E-state index contributed by atoms with van der Waals surface area (Å²) in [5.41, 5.74) is 1.81. The maximum atomic E-state index is 13.5. The summed E-state index contributed by atoms with van der Waals surface area (Å²) in [7, 11) is 0. The summed E-state index contributed by atoms with van der Waals surface area (Å²) >= 11 is 1.15. The van der Waals surface area contributed by atoms with E-state index in [1.54, 1.807) is 10.9 Å². The van der Waals surface area contributed by atoms with Crippen molar-refractivity contribution < 1.29 is 13.6 Å². The standard InChI is InChI=1S/C17H14F2N4OS/c1-11-2-5-13(6-3-11)23-10-20-22-17(23)25-9-16(24)21-15-8-12(18)4-7-14(15)19/h2-8,10H,9H2,1H3,(H,21,24). The fraction of sp³-hybridized carbons (Fsp3) is 0.118. The van der Waals surface area contributed by atoms with Gasteiger partial charge in [-0.25, -0.2) is 8.78 Å². The number of carbonyl (C=O) groups excluding carboxylic acids is 1. The van der Waals surface area contributed by atoms with Crippen LogP contribution in [0.15, 0.2) is 53.9 Å². The molecule has 3 rings (SSSR count). The lowest BCUT2D eigenvalue weighted by atomic mass is 10.2. The van der Waals surface area contributed by atoms with E-state index >= 15 is 0 Å². The van der Waals surface area contributed by atoms with Crippen molar-refractivity contribution in [1.29, 1.82) is 0 Å². The number of amides is 1. The van der Waals surface area contributed by atoms with Crippen LogP contribution in [-0.2, 0) is 4.79 Å². The number of aromatic nitrogens is 3. The molecule has 0 aliphatic rings. The van der Waals surface area contributed by atoms with E-state index in [4.69, 9.17) is 0 Å². The number of halogens is 2. The van der Waals surface area contributed by atoms with Crippen LogP contribution in [-0.4, -0.2) is 26.4 Å². The highest BCUT2D eigenvalue weighted by atomic mass is 32.2. The summed E-state index contributed by atoms with van der Waals surface area (Å²) in [6.45, 7) is 1.99. The van der Waals surface area contributed by atoms with Crippen LogP contribution in [0.5, 0.6) is 0 Å². The highest BCUT2D eigenvalue weighted by molar-refractivity contribution is 7.99. The van der Waals surface area contributed by atoms with Gasteiger partial charge in [0.15, 0.2) is 5.16 Å². The molecule has 8 heteroatoms. The molecule has 1 amide bonds. The van der Waals surface area contributed by atoms with E-state index in [0.29, 0.717) is 5.16 Å². The molecule has 1 aromatic heterocycles. The zero-order valence-electron chi connectivity index (χ0n) is 13.2. The van der Waals surface area contributed by atoms with Gasteiger partial charge in [0, 0.05) is 11.8 Å². The normalized spacial score (nSPS) is 10.7. The van der Waals surface area contributed by atoms with Crippen molar-refractivity contribution >= 4 is 23.4 Å². The van der Waals surface area contributed by atoms with E-state index < -0.39 is 17.5 Å². The molecule has 2 aromatic carbocycles. The first-order valence-corrected chi connectivity index (χ1v) is 8.36. The number of nitrogens with zero attached hydrogens (tertiary/aromatic N) is 3. The smallest absolute Gasteiger partial charge is 0.234 e. The monoisotopic (exact) mass is 360 g/mol. The summed E-state index contributed by atoms with van der Waals surface area (Å²) in [6.07, 6.45) is 1.55. The molecule has 5 nitrogen and oxygen atoms in total. The second-order valence-corrected chi connectivity index (χ2v) is 6.22. The zero-order chi connectivity index (χ0) is 17.8. The Labute approximate surface area is 147 Å². The van der Waals surface area contributed by atoms with Crippen LogP contribution >= 0.6 is 11.8 Å². The van der Waals surface area contributed by atoms with Gasteiger partial charge in [0.1, 0.15) is 18.0 Å². The number of aryl methyl sites for hydroxylation is 1. The molecule has 0 saturated heterocycles. The maximum Gasteiger partial charge on any atom is 0.234 e. The summed E-state index contributed by atoms with van der Waals surface area (Å²) in [5.74, 6) is -1.79. The number of hydrogen-bond donors (Lipinski definition) is 1. The van der Waals surface area contributed by atoms with Gasteiger partial charge in [0.25, 0.3) is 0 Å². The topological polar surface area (TPSA) is 59.8 Å². The molecule has 0 bridgehead atoms. The first-order chi connectivity index (χ1) is 12.0. The van der Waals surface area contributed by atoms with Crippen molar-refractivity contribution in [3.8, 4) is 5.69 Å².